The quantitative estimate of drug-likeness (QED) is 0.487. The van der Waals surface area contributed by atoms with Crippen LogP contribution in [-0.2, 0) is 11.2 Å². The number of fused-ring (bicyclic) bond motifs is 1. The average Bonchev–Trinajstić information content (AvgIpc) is 3.18. The van der Waals surface area contributed by atoms with E-state index in [1.165, 1.54) is 17.3 Å². The number of nitrogens with one attached hydrogen (secondary N) is 1. The normalized spacial score (nSPS) is 10.9. The van der Waals surface area contributed by atoms with Gasteiger partial charge in [0.15, 0.2) is 0 Å². The predicted molar refractivity (Wildman–Crippen MR) is 114 cm³/mol. The van der Waals surface area contributed by atoms with Gasteiger partial charge in [0, 0.05) is 23.6 Å². The van der Waals surface area contributed by atoms with Gasteiger partial charge >= 0.3 is 0 Å². The molecular formula is C22H20N4OS. The van der Waals surface area contributed by atoms with Gasteiger partial charge in [-0.3, -0.25) is 4.79 Å². The maximum atomic E-state index is 12.2. The van der Waals surface area contributed by atoms with Crippen molar-refractivity contribution in [1.29, 1.82) is 0 Å². The predicted octanol–water partition coefficient (Wildman–Crippen LogP) is 4.69. The van der Waals surface area contributed by atoms with Gasteiger partial charge in [-0.25, -0.2) is 9.50 Å². The highest BCUT2D eigenvalue weighted by Crippen LogP contribution is 2.26. The minimum absolute atomic E-state index is 0.0603. The molecule has 2 heterocycles. The van der Waals surface area contributed by atoms with Crippen molar-refractivity contribution in [2.24, 2.45) is 0 Å². The first-order valence-corrected chi connectivity index (χ1v) is 10.1. The topological polar surface area (TPSA) is 59.3 Å². The van der Waals surface area contributed by atoms with Gasteiger partial charge in [-0.1, -0.05) is 61.2 Å². The van der Waals surface area contributed by atoms with E-state index < -0.39 is 0 Å². The van der Waals surface area contributed by atoms with Gasteiger partial charge in [-0.2, -0.15) is 5.10 Å². The van der Waals surface area contributed by atoms with Crippen LogP contribution in [0.15, 0.2) is 78.1 Å². The summed E-state index contributed by atoms with van der Waals surface area (Å²) >= 11 is 1.41. The van der Waals surface area contributed by atoms with E-state index >= 15 is 0 Å². The van der Waals surface area contributed by atoms with Crippen LogP contribution in [0.1, 0.15) is 12.5 Å². The molecule has 0 aliphatic carbocycles. The summed E-state index contributed by atoms with van der Waals surface area (Å²) in [5.74, 6) is 0.225. The number of carbonyl (C=O) groups is 1. The molecule has 28 heavy (non-hydrogen) atoms. The first-order chi connectivity index (χ1) is 13.7. The second-order valence-corrected chi connectivity index (χ2v) is 7.31. The zero-order valence-electron chi connectivity index (χ0n) is 15.5. The molecular weight excluding hydrogens is 368 g/mol. The molecule has 0 radical (unpaired) electrons. The molecule has 5 nitrogen and oxygen atoms in total. The number of para-hydroxylation sites is 1. The number of thioether (sulfide) groups is 1. The number of carbonyl (C=O) groups excluding carboxylic acids is 1. The van der Waals surface area contributed by atoms with Crippen molar-refractivity contribution in [2.75, 3.05) is 11.1 Å². The molecule has 0 atom stereocenters. The molecule has 0 bridgehead atoms. The van der Waals surface area contributed by atoms with Crippen LogP contribution in [0.25, 0.3) is 16.8 Å². The second kappa shape index (κ2) is 8.27. The monoisotopic (exact) mass is 388 g/mol. The van der Waals surface area contributed by atoms with Crippen LogP contribution in [0.3, 0.4) is 0 Å². The fraction of sp³-hybridized carbons (Fsp3) is 0.136. The molecule has 0 aliphatic rings. The Morgan fingerprint density at radius 2 is 1.89 bits per heavy atom. The Hall–Kier alpha value is -3.12. The Morgan fingerprint density at radius 3 is 2.64 bits per heavy atom. The maximum Gasteiger partial charge on any atom is 0.234 e. The van der Waals surface area contributed by atoms with Crippen LogP contribution in [0.5, 0.6) is 0 Å². The summed E-state index contributed by atoms with van der Waals surface area (Å²) < 4.78 is 1.81. The number of rotatable bonds is 6. The van der Waals surface area contributed by atoms with Crippen molar-refractivity contribution >= 4 is 28.9 Å². The van der Waals surface area contributed by atoms with E-state index in [9.17, 15) is 4.79 Å². The van der Waals surface area contributed by atoms with Crippen molar-refractivity contribution < 1.29 is 4.79 Å². The van der Waals surface area contributed by atoms with Crippen LogP contribution < -0.4 is 5.32 Å². The summed E-state index contributed by atoms with van der Waals surface area (Å²) in [5.41, 5.74) is 4.95. The Labute approximate surface area is 167 Å². The fourth-order valence-electron chi connectivity index (χ4n) is 2.91. The van der Waals surface area contributed by atoms with Crippen LogP contribution in [-0.4, -0.2) is 26.3 Å². The van der Waals surface area contributed by atoms with Crippen molar-refractivity contribution in [3.05, 3.63) is 78.6 Å². The van der Waals surface area contributed by atoms with Crippen molar-refractivity contribution in [3.63, 3.8) is 0 Å². The Morgan fingerprint density at radius 1 is 1.11 bits per heavy atom. The van der Waals surface area contributed by atoms with Crippen LogP contribution in [0.4, 0.5) is 5.69 Å². The molecule has 1 N–H and O–H groups in total. The van der Waals surface area contributed by atoms with E-state index in [2.05, 4.69) is 46.6 Å². The Bertz CT molecular complexity index is 1090. The third kappa shape index (κ3) is 4.07. The van der Waals surface area contributed by atoms with Crippen molar-refractivity contribution in [3.8, 4) is 11.3 Å². The highest BCUT2D eigenvalue weighted by atomic mass is 32.2. The molecule has 4 rings (SSSR count). The Balaban J connectivity index is 1.51. The van der Waals surface area contributed by atoms with E-state index in [1.54, 1.807) is 6.20 Å². The zero-order chi connectivity index (χ0) is 19.3. The van der Waals surface area contributed by atoms with Gasteiger partial charge in [0.25, 0.3) is 0 Å². The number of nitrogens with zero attached hydrogens (tertiary/aromatic N) is 3. The van der Waals surface area contributed by atoms with E-state index in [4.69, 9.17) is 0 Å². The highest BCUT2D eigenvalue weighted by Gasteiger charge is 2.11. The summed E-state index contributed by atoms with van der Waals surface area (Å²) in [7, 11) is 0. The van der Waals surface area contributed by atoms with Crippen molar-refractivity contribution in [1.82, 2.24) is 14.6 Å². The lowest BCUT2D eigenvalue weighted by molar-refractivity contribution is -0.113. The van der Waals surface area contributed by atoms with E-state index in [0.29, 0.717) is 0 Å². The summed E-state index contributed by atoms with van der Waals surface area (Å²) in [6, 6.07) is 19.9. The number of amides is 1. The largest absolute Gasteiger partial charge is 0.325 e. The smallest absolute Gasteiger partial charge is 0.234 e. The molecule has 0 unspecified atom stereocenters. The molecule has 2 aromatic heterocycles. The zero-order valence-corrected chi connectivity index (χ0v) is 16.3. The molecule has 0 fully saturated rings. The SMILES string of the molecule is CCc1ccc(-c2cc3c(SCC(=O)Nc4ccccc4)nccn3n2)cc1. The van der Waals surface area contributed by atoms with Crippen LogP contribution in [0, 0.1) is 0 Å². The molecule has 2 aromatic carbocycles. The summed E-state index contributed by atoms with van der Waals surface area (Å²) in [5, 5.41) is 8.34. The van der Waals surface area contributed by atoms with E-state index in [1.807, 2.05) is 47.1 Å². The average molecular weight is 388 g/mol. The van der Waals surface area contributed by atoms with Gasteiger partial charge in [0.2, 0.25) is 5.91 Å². The van der Waals surface area contributed by atoms with Crippen LogP contribution >= 0.6 is 11.8 Å². The minimum atomic E-state index is -0.0603. The van der Waals surface area contributed by atoms with Crippen molar-refractivity contribution in [2.45, 2.75) is 18.4 Å². The summed E-state index contributed by atoms with van der Waals surface area (Å²) in [6.45, 7) is 2.14. The van der Waals surface area contributed by atoms with E-state index in [-0.39, 0.29) is 11.7 Å². The van der Waals surface area contributed by atoms with Gasteiger partial charge in [0.05, 0.1) is 17.0 Å². The second-order valence-electron chi connectivity index (χ2n) is 6.35. The number of benzene rings is 2. The van der Waals surface area contributed by atoms with Gasteiger partial charge in [-0.05, 0) is 30.2 Å². The third-order valence-electron chi connectivity index (χ3n) is 4.41. The lowest BCUT2D eigenvalue weighted by Gasteiger charge is -2.05. The third-order valence-corrected chi connectivity index (χ3v) is 5.40. The lowest BCUT2D eigenvalue weighted by Crippen LogP contribution is -2.14. The highest BCUT2D eigenvalue weighted by molar-refractivity contribution is 8.00. The number of aromatic nitrogens is 3. The summed E-state index contributed by atoms with van der Waals surface area (Å²) in [6.07, 6.45) is 4.55. The lowest BCUT2D eigenvalue weighted by atomic mass is 10.1. The molecule has 0 spiro atoms. The number of hydrogen-bond donors (Lipinski definition) is 1. The number of hydrogen-bond acceptors (Lipinski definition) is 4. The number of aryl methyl sites for hydroxylation is 1. The molecule has 0 saturated carbocycles. The first-order valence-electron chi connectivity index (χ1n) is 9.14. The molecule has 6 heteroatoms. The first kappa shape index (κ1) is 18.3. The maximum absolute atomic E-state index is 12.2. The van der Waals surface area contributed by atoms with E-state index in [0.717, 1.165) is 33.9 Å². The summed E-state index contributed by atoms with van der Waals surface area (Å²) in [4.78, 5) is 16.7. The van der Waals surface area contributed by atoms with Crippen LogP contribution in [0.2, 0.25) is 0 Å². The molecule has 0 saturated heterocycles. The Kier molecular flexibility index (Phi) is 5.39. The molecule has 1 amide bonds. The standard InChI is InChI=1S/C22H20N4OS/c1-2-16-8-10-17(11-9-16)19-14-20-22(23-12-13-26(20)25-19)28-15-21(27)24-18-6-4-3-5-7-18/h3-14H,2,15H2,1H3,(H,24,27). The number of anilines is 1. The molecule has 4 aromatic rings. The van der Waals surface area contributed by atoms with Gasteiger partial charge in [0.1, 0.15) is 5.03 Å². The molecule has 0 aliphatic heterocycles. The minimum Gasteiger partial charge on any atom is -0.325 e. The van der Waals surface area contributed by atoms with Gasteiger partial charge in [-0.15, -0.1) is 0 Å². The fourth-order valence-corrected chi connectivity index (χ4v) is 3.69. The molecule has 140 valence electrons. The van der Waals surface area contributed by atoms with Gasteiger partial charge < -0.3 is 5.32 Å².